The summed E-state index contributed by atoms with van der Waals surface area (Å²) in [6.45, 7) is 0.404. The number of hydrogen-bond donors (Lipinski definition) is 1. The molecule has 0 atom stereocenters. The summed E-state index contributed by atoms with van der Waals surface area (Å²) in [6, 6.07) is 10.2. The molecule has 3 rings (SSSR count). The number of sulfonamides is 1. The summed E-state index contributed by atoms with van der Waals surface area (Å²) < 4.78 is 38.4. The van der Waals surface area contributed by atoms with Crippen molar-refractivity contribution in [2.75, 3.05) is 21.9 Å². The Morgan fingerprint density at radius 2 is 2.00 bits per heavy atom. The van der Waals surface area contributed by atoms with Crippen molar-refractivity contribution in [3.05, 3.63) is 58.9 Å². The van der Waals surface area contributed by atoms with Crippen LogP contribution in [0.3, 0.4) is 0 Å². The molecule has 126 valence electrons. The lowest BCUT2D eigenvalue weighted by atomic mass is 10.1. The molecule has 1 saturated heterocycles. The highest BCUT2D eigenvalue weighted by Crippen LogP contribution is 2.25. The Morgan fingerprint density at radius 1 is 1.21 bits per heavy atom. The van der Waals surface area contributed by atoms with Gasteiger partial charge >= 0.3 is 0 Å². The van der Waals surface area contributed by atoms with Gasteiger partial charge < -0.3 is 5.32 Å². The van der Waals surface area contributed by atoms with Crippen molar-refractivity contribution in [3.8, 4) is 0 Å². The van der Waals surface area contributed by atoms with E-state index < -0.39 is 21.7 Å². The molecule has 0 aliphatic carbocycles. The van der Waals surface area contributed by atoms with Gasteiger partial charge in [0.15, 0.2) is 0 Å². The highest BCUT2D eigenvalue weighted by Gasteiger charge is 2.28. The molecule has 1 aliphatic rings. The Bertz CT molecular complexity index is 902. The van der Waals surface area contributed by atoms with Crippen LogP contribution in [0.15, 0.2) is 42.5 Å². The van der Waals surface area contributed by atoms with Crippen molar-refractivity contribution in [1.82, 2.24) is 0 Å². The minimum atomic E-state index is -3.31. The Balaban J connectivity index is 1.83. The van der Waals surface area contributed by atoms with Crippen LogP contribution in [0.5, 0.6) is 0 Å². The molecule has 0 unspecified atom stereocenters. The van der Waals surface area contributed by atoms with Crippen LogP contribution in [-0.2, 0) is 10.0 Å². The highest BCUT2D eigenvalue weighted by molar-refractivity contribution is 7.93. The van der Waals surface area contributed by atoms with E-state index in [0.29, 0.717) is 29.9 Å². The minimum Gasteiger partial charge on any atom is -0.322 e. The van der Waals surface area contributed by atoms with E-state index in [1.54, 1.807) is 18.2 Å². The van der Waals surface area contributed by atoms with Crippen LogP contribution < -0.4 is 9.62 Å². The zero-order chi connectivity index (χ0) is 17.3. The normalized spacial score (nSPS) is 16.2. The number of nitrogens with zero attached hydrogens (tertiary/aromatic N) is 1. The largest absolute Gasteiger partial charge is 0.322 e. The van der Waals surface area contributed by atoms with Gasteiger partial charge in [-0.05, 0) is 42.8 Å². The third kappa shape index (κ3) is 3.37. The van der Waals surface area contributed by atoms with Crippen molar-refractivity contribution < 1.29 is 17.6 Å². The molecule has 0 spiro atoms. The second-order valence-electron chi connectivity index (χ2n) is 5.38. The number of halogens is 2. The van der Waals surface area contributed by atoms with E-state index in [9.17, 15) is 17.6 Å². The monoisotopic (exact) mass is 368 g/mol. The number of anilines is 2. The number of hydrogen-bond acceptors (Lipinski definition) is 3. The number of rotatable bonds is 3. The van der Waals surface area contributed by atoms with E-state index in [-0.39, 0.29) is 10.8 Å². The first-order chi connectivity index (χ1) is 11.4. The second-order valence-corrected chi connectivity index (χ2v) is 7.80. The first kappa shape index (κ1) is 16.7. The zero-order valence-corrected chi connectivity index (χ0v) is 14.1. The maximum atomic E-state index is 13.2. The number of benzene rings is 2. The van der Waals surface area contributed by atoms with Crippen LogP contribution in [-0.4, -0.2) is 26.6 Å². The van der Waals surface area contributed by atoms with Crippen LogP contribution in [0.25, 0.3) is 0 Å². The van der Waals surface area contributed by atoms with Crippen molar-refractivity contribution in [2.45, 2.75) is 6.42 Å². The molecule has 0 aromatic heterocycles. The molecule has 1 heterocycles. The Morgan fingerprint density at radius 3 is 2.67 bits per heavy atom. The fourth-order valence-electron chi connectivity index (χ4n) is 2.51. The van der Waals surface area contributed by atoms with Crippen molar-refractivity contribution in [3.63, 3.8) is 0 Å². The predicted octanol–water partition coefficient (Wildman–Crippen LogP) is 3.27. The Labute approximate surface area is 144 Å². The number of carbonyl (C=O) groups excluding carboxylic acids is 1. The molecule has 5 nitrogen and oxygen atoms in total. The summed E-state index contributed by atoms with van der Waals surface area (Å²) in [5.41, 5.74) is 1.11. The average Bonchev–Trinajstić information content (AvgIpc) is 2.90. The molecule has 2 aromatic rings. The third-order valence-corrected chi connectivity index (χ3v) is 5.83. The second kappa shape index (κ2) is 6.41. The van der Waals surface area contributed by atoms with Gasteiger partial charge in [0.1, 0.15) is 5.82 Å². The molecular formula is C16H14ClFN2O3S. The summed E-state index contributed by atoms with van der Waals surface area (Å²) in [5, 5.41) is 2.51. The summed E-state index contributed by atoms with van der Waals surface area (Å²) in [4.78, 5) is 12.3. The molecule has 0 bridgehead atoms. The summed E-state index contributed by atoms with van der Waals surface area (Å²) in [6.07, 6.45) is 0.562. The summed E-state index contributed by atoms with van der Waals surface area (Å²) >= 11 is 5.69. The van der Waals surface area contributed by atoms with Crippen LogP contribution in [0.2, 0.25) is 5.02 Å². The quantitative estimate of drug-likeness (QED) is 0.904. The SMILES string of the molecule is O=C(Nc1ccc(F)c(Cl)c1)c1cccc(N2CCCS2(=O)=O)c1. The Kier molecular flexibility index (Phi) is 4.47. The summed E-state index contributed by atoms with van der Waals surface area (Å²) in [5.74, 6) is -0.899. The van der Waals surface area contributed by atoms with Crippen LogP contribution >= 0.6 is 11.6 Å². The van der Waals surface area contributed by atoms with E-state index in [4.69, 9.17) is 11.6 Å². The molecule has 24 heavy (non-hydrogen) atoms. The van der Waals surface area contributed by atoms with Gasteiger partial charge in [0.05, 0.1) is 16.5 Å². The molecule has 1 aliphatic heterocycles. The standard InChI is InChI=1S/C16H14ClFN2O3S/c17-14-10-12(5-6-15(14)18)19-16(21)11-3-1-4-13(9-11)20-7-2-8-24(20,22)23/h1,3-6,9-10H,2,7-8H2,(H,19,21). The fourth-order valence-corrected chi connectivity index (χ4v) is 4.25. The number of nitrogens with one attached hydrogen (secondary N) is 1. The van der Waals surface area contributed by atoms with E-state index in [2.05, 4.69) is 5.32 Å². The van der Waals surface area contributed by atoms with Crippen LogP contribution in [0.4, 0.5) is 15.8 Å². The lowest BCUT2D eigenvalue weighted by molar-refractivity contribution is 0.102. The van der Waals surface area contributed by atoms with Gasteiger partial charge in [0, 0.05) is 17.8 Å². The van der Waals surface area contributed by atoms with Gasteiger partial charge in [-0.1, -0.05) is 17.7 Å². The van der Waals surface area contributed by atoms with E-state index in [1.807, 2.05) is 0 Å². The van der Waals surface area contributed by atoms with Crippen molar-refractivity contribution >= 4 is 38.9 Å². The summed E-state index contributed by atoms with van der Waals surface area (Å²) in [7, 11) is -3.31. The van der Waals surface area contributed by atoms with Crippen LogP contribution in [0, 0.1) is 5.82 Å². The van der Waals surface area contributed by atoms with Crippen LogP contribution in [0.1, 0.15) is 16.8 Å². The lowest BCUT2D eigenvalue weighted by Crippen LogP contribution is -2.25. The average molecular weight is 369 g/mol. The zero-order valence-electron chi connectivity index (χ0n) is 12.5. The van der Waals surface area contributed by atoms with Crippen molar-refractivity contribution in [1.29, 1.82) is 0 Å². The van der Waals surface area contributed by atoms with Gasteiger partial charge in [-0.15, -0.1) is 0 Å². The first-order valence-electron chi connectivity index (χ1n) is 7.24. The van der Waals surface area contributed by atoms with Gasteiger partial charge in [0.2, 0.25) is 10.0 Å². The fraction of sp³-hybridized carbons (Fsp3) is 0.188. The van der Waals surface area contributed by atoms with E-state index in [1.165, 1.54) is 22.5 Å². The Hall–Kier alpha value is -2.12. The molecule has 2 aromatic carbocycles. The van der Waals surface area contributed by atoms with Gasteiger partial charge in [-0.2, -0.15) is 0 Å². The molecule has 1 fully saturated rings. The van der Waals surface area contributed by atoms with E-state index in [0.717, 1.165) is 6.07 Å². The number of amides is 1. The molecule has 0 saturated carbocycles. The third-order valence-electron chi connectivity index (χ3n) is 3.67. The smallest absolute Gasteiger partial charge is 0.255 e. The molecular weight excluding hydrogens is 355 g/mol. The van der Waals surface area contributed by atoms with E-state index >= 15 is 0 Å². The topological polar surface area (TPSA) is 66.5 Å². The minimum absolute atomic E-state index is 0.0929. The molecule has 8 heteroatoms. The van der Waals surface area contributed by atoms with Gasteiger partial charge in [-0.25, -0.2) is 12.8 Å². The molecule has 1 amide bonds. The molecule has 0 radical (unpaired) electrons. The number of carbonyl (C=O) groups is 1. The first-order valence-corrected chi connectivity index (χ1v) is 9.22. The van der Waals surface area contributed by atoms with Gasteiger partial charge in [-0.3, -0.25) is 9.10 Å². The maximum absolute atomic E-state index is 13.2. The lowest BCUT2D eigenvalue weighted by Gasteiger charge is -2.17. The molecule has 1 N–H and O–H groups in total. The predicted molar refractivity (Wildman–Crippen MR) is 91.6 cm³/mol. The van der Waals surface area contributed by atoms with Gasteiger partial charge in [0.25, 0.3) is 5.91 Å². The van der Waals surface area contributed by atoms with Crippen molar-refractivity contribution in [2.24, 2.45) is 0 Å². The maximum Gasteiger partial charge on any atom is 0.255 e. The highest BCUT2D eigenvalue weighted by atomic mass is 35.5.